The smallest absolute Gasteiger partial charge is 0.393 e. The minimum absolute atomic E-state index is 0.163. The Morgan fingerprint density at radius 3 is 2.74 bits per heavy atom. The second-order valence-corrected chi connectivity index (χ2v) is 6.13. The normalized spacial score (nSPS) is 13.0. The average Bonchev–Trinajstić information content (AvgIpc) is 3.15. The van der Waals surface area contributed by atoms with Gasteiger partial charge in [-0.1, -0.05) is 30.3 Å². The van der Waals surface area contributed by atoms with Gasteiger partial charge >= 0.3 is 6.09 Å². The van der Waals surface area contributed by atoms with Crippen LogP contribution in [0, 0.1) is 0 Å². The van der Waals surface area contributed by atoms with Crippen LogP contribution in [0.4, 0.5) is 10.7 Å². The number of benzene rings is 1. The molecular formula is C19H21N5O3. The van der Waals surface area contributed by atoms with Crippen molar-refractivity contribution in [2.45, 2.75) is 19.1 Å². The highest BCUT2D eigenvalue weighted by Crippen LogP contribution is 2.24. The Morgan fingerprint density at radius 2 is 2.04 bits per heavy atom. The maximum atomic E-state index is 12.4. The molecule has 0 bridgehead atoms. The molecule has 140 valence electrons. The Kier molecular flexibility index (Phi) is 5.37. The molecule has 0 aliphatic rings. The van der Waals surface area contributed by atoms with E-state index in [0.717, 1.165) is 5.56 Å². The number of nitrogens with zero attached hydrogens (tertiary/aromatic N) is 3. The summed E-state index contributed by atoms with van der Waals surface area (Å²) in [5.74, 6) is 0.427. The first-order valence-corrected chi connectivity index (χ1v) is 8.40. The lowest BCUT2D eigenvalue weighted by Crippen LogP contribution is -2.40. The fourth-order valence-electron chi connectivity index (χ4n) is 2.59. The van der Waals surface area contributed by atoms with E-state index >= 15 is 0 Å². The van der Waals surface area contributed by atoms with Crippen molar-refractivity contribution in [2.24, 2.45) is 0 Å². The summed E-state index contributed by atoms with van der Waals surface area (Å²) in [7, 11) is 1.58. The van der Waals surface area contributed by atoms with Crippen LogP contribution >= 0.6 is 0 Å². The molecule has 1 amide bonds. The average molecular weight is 367 g/mol. The third kappa shape index (κ3) is 4.24. The number of aliphatic hydroxyl groups excluding tert-OH is 1. The molecule has 3 aromatic rings. The zero-order valence-corrected chi connectivity index (χ0v) is 15.0. The number of nitrogens with one attached hydrogen (secondary N) is 1. The summed E-state index contributed by atoms with van der Waals surface area (Å²) in [6, 6.07) is 12.0. The Morgan fingerprint density at radius 1 is 1.30 bits per heavy atom. The monoisotopic (exact) mass is 367 g/mol. The lowest BCUT2D eigenvalue weighted by molar-refractivity contribution is 0.0702. The van der Waals surface area contributed by atoms with Gasteiger partial charge in [0.2, 0.25) is 11.8 Å². The van der Waals surface area contributed by atoms with Crippen molar-refractivity contribution >= 4 is 12.0 Å². The molecule has 4 N–H and O–H groups in total. The predicted molar refractivity (Wildman–Crippen MR) is 101 cm³/mol. The minimum atomic E-state index is -0.827. The molecule has 0 aliphatic heterocycles. The number of nitrogen functional groups attached to an aromatic ring is 1. The molecule has 8 heteroatoms. The van der Waals surface area contributed by atoms with E-state index in [9.17, 15) is 9.90 Å². The maximum absolute atomic E-state index is 12.4. The summed E-state index contributed by atoms with van der Waals surface area (Å²) in [5, 5.41) is 10.5. The number of ether oxygens (including phenoxy) is 1. The lowest BCUT2D eigenvalue weighted by Gasteiger charge is -2.28. The number of aromatic nitrogens is 3. The fourth-order valence-corrected chi connectivity index (χ4v) is 2.59. The number of aromatic amines is 1. The Bertz CT molecular complexity index is 912. The van der Waals surface area contributed by atoms with Gasteiger partial charge in [0.05, 0.1) is 17.8 Å². The van der Waals surface area contributed by atoms with Gasteiger partial charge in [0, 0.05) is 31.1 Å². The zero-order valence-electron chi connectivity index (χ0n) is 15.0. The van der Waals surface area contributed by atoms with E-state index in [-0.39, 0.29) is 11.8 Å². The van der Waals surface area contributed by atoms with E-state index < -0.39 is 18.2 Å². The topological polar surface area (TPSA) is 117 Å². The highest BCUT2D eigenvalue weighted by molar-refractivity contribution is 5.71. The van der Waals surface area contributed by atoms with Crippen LogP contribution in [-0.2, 0) is 0 Å². The summed E-state index contributed by atoms with van der Waals surface area (Å²) < 4.78 is 5.36. The molecule has 2 aromatic heterocycles. The van der Waals surface area contributed by atoms with Crippen molar-refractivity contribution in [3.8, 4) is 17.1 Å². The van der Waals surface area contributed by atoms with Crippen molar-refractivity contribution in [2.75, 3.05) is 12.8 Å². The molecule has 0 saturated carbocycles. The van der Waals surface area contributed by atoms with Gasteiger partial charge in [0.1, 0.15) is 0 Å². The molecular weight excluding hydrogens is 346 g/mol. The summed E-state index contributed by atoms with van der Waals surface area (Å²) in [5.41, 5.74) is 7.64. The number of rotatable bonds is 5. The van der Waals surface area contributed by atoms with Gasteiger partial charge in [-0.15, -0.1) is 0 Å². The second kappa shape index (κ2) is 7.88. The molecule has 0 fully saturated rings. The number of carbonyl (C=O) groups excluding carboxylic acids is 1. The quantitative estimate of drug-likeness (QED) is 0.638. The van der Waals surface area contributed by atoms with Crippen LogP contribution in [0.15, 0.2) is 54.9 Å². The number of aliphatic hydroxyl groups is 1. The van der Waals surface area contributed by atoms with Crippen molar-refractivity contribution in [1.82, 2.24) is 19.9 Å². The SMILES string of the molecule is CC(C(O)c1ccccc1)N(C)C(=O)Oc1cc(-c2ccnc(N)n2)c[nH]1. The lowest BCUT2D eigenvalue weighted by atomic mass is 10.0. The van der Waals surface area contributed by atoms with E-state index in [0.29, 0.717) is 11.3 Å². The largest absolute Gasteiger partial charge is 0.416 e. The minimum Gasteiger partial charge on any atom is -0.393 e. The third-order valence-electron chi connectivity index (χ3n) is 4.32. The molecule has 0 radical (unpaired) electrons. The van der Waals surface area contributed by atoms with E-state index in [2.05, 4.69) is 15.0 Å². The van der Waals surface area contributed by atoms with Gasteiger partial charge in [-0.05, 0) is 18.6 Å². The molecule has 27 heavy (non-hydrogen) atoms. The van der Waals surface area contributed by atoms with Crippen molar-refractivity contribution in [3.05, 3.63) is 60.4 Å². The first-order valence-electron chi connectivity index (χ1n) is 8.40. The van der Waals surface area contributed by atoms with Crippen LogP contribution in [0.2, 0.25) is 0 Å². The number of nitrogens with two attached hydrogens (primary N) is 1. The van der Waals surface area contributed by atoms with Crippen molar-refractivity contribution < 1.29 is 14.6 Å². The van der Waals surface area contributed by atoms with Gasteiger partial charge in [-0.2, -0.15) is 0 Å². The van der Waals surface area contributed by atoms with Gasteiger partial charge < -0.3 is 25.5 Å². The molecule has 0 spiro atoms. The van der Waals surface area contributed by atoms with E-state index in [4.69, 9.17) is 10.5 Å². The number of amides is 1. The molecule has 0 saturated heterocycles. The van der Waals surface area contributed by atoms with Crippen molar-refractivity contribution in [3.63, 3.8) is 0 Å². The molecule has 2 heterocycles. The molecule has 8 nitrogen and oxygen atoms in total. The first-order chi connectivity index (χ1) is 13.0. The van der Waals surface area contributed by atoms with Gasteiger partial charge in [0.15, 0.2) is 0 Å². The summed E-state index contributed by atoms with van der Waals surface area (Å²) >= 11 is 0. The van der Waals surface area contributed by atoms with E-state index in [1.165, 1.54) is 4.90 Å². The van der Waals surface area contributed by atoms with Crippen LogP contribution in [-0.4, -0.2) is 44.1 Å². The third-order valence-corrected chi connectivity index (χ3v) is 4.32. The van der Waals surface area contributed by atoms with E-state index in [1.807, 2.05) is 30.3 Å². The number of H-pyrrole nitrogens is 1. The molecule has 2 atom stereocenters. The van der Waals surface area contributed by atoms with Crippen LogP contribution in [0.1, 0.15) is 18.6 Å². The van der Waals surface area contributed by atoms with Gasteiger partial charge in [-0.25, -0.2) is 14.8 Å². The molecule has 3 rings (SSSR count). The number of likely N-dealkylation sites (N-methyl/N-ethyl adjacent to an activating group) is 1. The standard InChI is InChI=1S/C19H21N5O3/c1-12(17(25)13-6-4-3-5-7-13)24(2)19(26)27-16-10-14(11-22-16)15-8-9-21-18(20)23-15/h3-12,17,22,25H,1-2H3,(H2,20,21,23). The first kappa shape index (κ1) is 18.4. The van der Waals surface area contributed by atoms with Crippen LogP contribution < -0.4 is 10.5 Å². The zero-order chi connectivity index (χ0) is 19.4. The van der Waals surface area contributed by atoms with Crippen molar-refractivity contribution in [1.29, 1.82) is 0 Å². The van der Waals surface area contributed by atoms with E-state index in [1.54, 1.807) is 38.5 Å². The van der Waals surface area contributed by atoms with Crippen LogP contribution in [0.5, 0.6) is 5.88 Å². The molecule has 0 aliphatic carbocycles. The molecule has 2 unspecified atom stereocenters. The van der Waals surface area contributed by atoms with Crippen LogP contribution in [0.3, 0.4) is 0 Å². The highest BCUT2D eigenvalue weighted by atomic mass is 16.6. The predicted octanol–water partition coefficient (Wildman–Crippen LogP) is 2.61. The number of hydrogen-bond acceptors (Lipinski definition) is 6. The second-order valence-electron chi connectivity index (χ2n) is 6.13. The number of anilines is 1. The van der Waals surface area contributed by atoms with Crippen LogP contribution in [0.25, 0.3) is 11.3 Å². The summed E-state index contributed by atoms with van der Waals surface area (Å²) in [6.07, 6.45) is 1.80. The van der Waals surface area contributed by atoms with Gasteiger partial charge in [0.25, 0.3) is 0 Å². The Balaban J connectivity index is 1.66. The Hall–Kier alpha value is -3.39. The summed E-state index contributed by atoms with van der Waals surface area (Å²) in [4.78, 5) is 24.6. The fraction of sp³-hybridized carbons (Fsp3) is 0.211. The Labute approximate surface area is 156 Å². The maximum Gasteiger partial charge on any atom is 0.416 e. The highest BCUT2D eigenvalue weighted by Gasteiger charge is 2.25. The molecule has 1 aromatic carbocycles. The number of hydrogen-bond donors (Lipinski definition) is 3. The number of carbonyl (C=O) groups is 1. The van der Waals surface area contributed by atoms with Gasteiger partial charge in [-0.3, -0.25) is 0 Å². The summed E-state index contributed by atoms with van der Waals surface area (Å²) in [6.45, 7) is 1.75.